The van der Waals surface area contributed by atoms with Crippen LogP contribution in [0.25, 0.3) is 0 Å². The van der Waals surface area contributed by atoms with E-state index in [-0.39, 0.29) is 0 Å². The van der Waals surface area contributed by atoms with Crippen LogP contribution in [-0.4, -0.2) is 15.2 Å². The molecular weight excluding hydrogens is 324 g/mol. The van der Waals surface area contributed by atoms with Crippen molar-refractivity contribution >= 4 is 27.5 Å². The molecule has 0 N–H and O–H groups in total. The molecule has 2 nitrogen and oxygen atoms in total. The van der Waals surface area contributed by atoms with Crippen molar-refractivity contribution in [2.75, 3.05) is 0 Å². The van der Waals surface area contributed by atoms with Gasteiger partial charge in [0, 0.05) is 12.4 Å². The zero-order valence-electron chi connectivity index (χ0n) is 12.3. The van der Waals surface area contributed by atoms with E-state index < -0.39 is 0 Å². The van der Waals surface area contributed by atoms with E-state index in [2.05, 4.69) is 34.9 Å². The predicted octanol–water partition coefficient (Wildman–Crippen LogP) is 4.71. The molecule has 1 aromatic rings. The molecule has 108 valence electrons. The Morgan fingerprint density at radius 3 is 2.63 bits per heavy atom. The maximum atomic E-state index is 6.57. The van der Waals surface area contributed by atoms with E-state index in [0.29, 0.717) is 11.3 Å². The minimum absolute atomic E-state index is 0.317. The quantitative estimate of drug-likeness (QED) is 0.724. The van der Waals surface area contributed by atoms with Crippen molar-refractivity contribution in [2.24, 2.45) is 24.8 Å². The molecule has 4 heteroatoms. The summed E-state index contributed by atoms with van der Waals surface area (Å²) in [5.41, 5.74) is 2.36. The molecule has 1 aliphatic rings. The molecule has 1 heterocycles. The van der Waals surface area contributed by atoms with Gasteiger partial charge in [0.15, 0.2) is 0 Å². The number of nitrogens with zero attached hydrogens (tertiary/aromatic N) is 2. The van der Waals surface area contributed by atoms with Gasteiger partial charge in [-0.3, -0.25) is 4.68 Å². The molecule has 1 aliphatic carbocycles. The van der Waals surface area contributed by atoms with Crippen LogP contribution in [0.15, 0.2) is 4.47 Å². The third-order valence-electron chi connectivity index (χ3n) is 4.59. The van der Waals surface area contributed by atoms with E-state index in [1.54, 1.807) is 0 Å². The Morgan fingerprint density at radius 1 is 1.42 bits per heavy atom. The Kier molecular flexibility index (Phi) is 4.99. The summed E-state index contributed by atoms with van der Waals surface area (Å²) < 4.78 is 3.16. The van der Waals surface area contributed by atoms with Gasteiger partial charge in [-0.1, -0.05) is 13.8 Å². The summed E-state index contributed by atoms with van der Waals surface area (Å²) in [7, 11) is 2.03. The minimum Gasteiger partial charge on any atom is -0.271 e. The Morgan fingerprint density at radius 2 is 2.11 bits per heavy atom. The number of alkyl halides is 1. The van der Waals surface area contributed by atoms with Gasteiger partial charge in [0.25, 0.3) is 0 Å². The molecule has 1 aromatic heterocycles. The number of rotatable bonds is 3. The lowest BCUT2D eigenvalue weighted by Crippen LogP contribution is -2.30. The lowest BCUT2D eigenvalue weighted by Gasteiger charge is -2.35. The first kappa shape index (κ1) is 15.4. The summed E-state index contributed by atoms with van der Waals surface area (Å²) in [6.45, 7) is 6.71. The van der Waals surface area contributed by atoms with Crippen LogP contribution in [0.4, 0.5) is 0 Å². The van der Waals surface area contributed by atoms with Crippen molar-refractivity contribution in [3.63, 3.8) is 0 Å². The van der Waals surface area contributed by atoms with E-state index in [0.717, 1.165) is 34.8 Å². The molecular formula is C15H24BrClN2. The summed E-state index contributed by atoms with van der Waals surface area (Å²) in [5.74, 6) is 2.17. The van der Waals surface area contributed by atoms with Crippen molar-refractivity contribution in [3.05, 3.63) is 15.9 Å². The fourth-order valence-corrected chi connectivity index (χ4v) is 4.05. The standard InChI is InChI=1S/C15H24BrClN2/c1-9(2)11-5-6-13(17)12(7-11)8-14-15(16)10(3)18-19(14)4/h9,11-13H,5-8H2,1-4H3. The summed E-state index contributed by atoms with van der Waals surface area (Å²) in [6.07, 6.45) is 4.73. The van der Waals surface area contributed by atoms with Crippen molar-refractivity contribution < 1.29 is 0 Å². The van der Waals surface area contributed by atoms with Crippen LogP contribution < -0.4 is 0 Å². The van der Waals surface area contributed by atoms with Crippen molar-refractivity contribution in [1.29, 1.82) is 0 Å². The zero-order valence-corrected chi connectivity index (χ0v) is 14.6. The van der Waals surface area contributed by atoms with Gasteiger partial charge < -0.3 is 0 Å². The van der Waals surface area contributed by atoms with Crippen LogP contribution in [0.2, 0.25) is 0 Å². The second-order valence-electron chi connectivity index (χ2n) is 6.27. The van der Waals surface area contributed by atoms with E-state index in [4.69, 9.17) is 11.6 Å². The van der Waals surface area contributed by atoms with Gasteiger partial charge >= 0.3 is 0 Å². The highest BCUT2D eigenvalue weighted by Gasteiger charge is 2.31. The molecule has 0 amide bonds. The molecule has 0 aliphatic heterocycles. The van der Waals surface area contributed by atoms with Crippen LogP contribution >= 0.6 is 27.5 Å². The van der Waals surface area contributed by atoms with Gasteiger partial charge in [-0.05, 0) is 66.3 Å². The highest BCUT2D eigenvalue weighted by molar-refractivity contribution is 9.10. The normalized spacial score (nSPS) is 28.1. The average Bonchev–Trinajstić information content (AvgIpc) is 2.58. The number of hydrogen-bond acceptors (Lipinski definition) is 1. The predicted molar refractivity (Wildman–Crippen MR) is 84.7 cm³/mol. The fourth-order valence-electron chi connectivity index (χ4n) is 3.23. The number of aromatic nitrogens is 2. The summed E-state index contributed by atoms with van der Waals surface area (Å²) in [4.78, 5) is 0. The van der Waals surface area contributed by atoms with Crippen LogP contribution in [0.1, 0.15) is 44.5 Å². The largest absolute Gasteiger partial charge is 0.271 e. The maximum absolute atomic E-state index is 6.57. The average molecular weight is 348 g/mol. The third-order valence-corrected chi connectivity index (χ3v) is 6.20. The molecule has 19 heavy (non-hydrogen) atoms. The third kappa shape index (κ3) is 3.36. The van der Waals surface area contributed by atoms with Crippen molar-refractivity contribution in [3.8, 4) is 0 Å². The van der Waals surface area contributed by atoms with Crippen LogP contribution in [0, 0.1) is 24.7 Å². The van der Waals surface area contributed by atoms with Crippen LogP contribution in [0.5, 0.6) is 0 Å². The molecule has 3 atom stereocenters. The van der Waals surface area contributed by atoms with Gasteiger partial charge in [-0.2, -0.15) is 5.10 Å². The molecule has 0 radical (unpaired) electrons. The van der Waals surface area contributed by atoms with Crippen LogP contribution in [0.3, 0.4) is 0 Å². The Balaban J connectivity index is 2.12. The Hall–Kier alpha value is -0.0200. The van der Waals surface area contributed by atoms with Crippen molar-refractivity contribution in [2.45, 2.75) is 51.8 Å². The maximum Gasteiger partial charge on any atom is 0.0738 e. The summed E-state index contributed by atoms with van der Waals surface area (Å²) in [6, 6.07) is 0. The molecule has 1 fully saturated rings. The molecule has 0 aromatic carbocycles. The van der Waals surface area contributed by atoms with E-state index >= 15 is 0 Å². The summed E-state index contributed by atoms with van der Waals surface area (Å²) >= 11 is 10.2. The molecule has 2 rings (SSSR count). The van der Waals surface area contributed by atoms with Gasteiger partial charge in [-0.15, -0.1) is 11.6 Å². The number of aryl methyl sites for hydroxylation is 2. The van der Waals surface area contributed by atoms with Gasteiger partial charge in [0.05, 0.1) is 15.9 Å². The molecule has 3 unspecified atom stereocenters. The highest BCUT2D eigenvalue weighted by Crippen LogP contribution is 2.39. The second kappa shape index (κ2) is 6.17. The number of hydrogen-bond donors (Lipinski definition) is 0. The van der Waals surface area contributed by atoms with Gasteiger partial charge in [-0.25, -0.2) is 0 Å². The van der Waals surface area contributed by atoms with E-state index in [9.17, 15) is 0 Å². The lowest BCUT2D eigenvalue weighted by molar-refractivity contribution is 0.216. The van der Waals surface area contributed by atoms with Crippen molar-refractivity contribution in [1.82, 2.24) is 9.78 Å². The molecule has 0 saturated heterocycles. The fraction of sp³-hybridized carbons (Fsp3) is 0.800. The Bertz CT molecular complexity index is 442. The van der Waals surface area contributed by atoms with E-state index in [1.165, 1.54) is 18.5 Å². The van der Waals surface area contributed by atoms with Crippen LogP contribution in [-0.2, 0) is 13.5 Å². The SMILES string of the molecule is Cc1nn(C)c(CC2CC(C(C)C)CCC2Cl)c1Br. The van der Waals surface area contributed by atoms with Gasteiger partial charge in [0.1, 0.15) is 0 Å². The smallest absolute Gasteiger partial charge is 0.0738 e. The highest BCUT2D eigenvalue weighted by atomic mass is 79.9. The topological polar surface area (TPSA) is 17.8 Å². The van der Waals surface area contributed by atoms with Gasteiger partial charge in [0.2, 0.25) is 0 Å². The molecule has 1 saturated carbocycles. The zero-order chi connectivity index (χ0) is 14.2. The lowest BCUT2D eigenvalue weighted by atomic mass is 9.74. The second-order valence-corrected chi connectivity index (χ2v) is 7.62. The summed E-state index contributed by atoms with van der Waals surface area (Å²) in [5, 5.41) is 4.80. The minimum atomic E-state index is 0.317. The Labute approximate surface area is 130 Å². The first-order valence-corrected chi connectivity index (χ1v) is 8.45. The first-order valence-electron chi connectivity index (χ1n) is 7.22. The van der Waals surface area contributed by atoms with E-state index in [1.807, 2.05) is 18.7 Å². The number of halogens is 2. The monoisotopic (exact) mass is 346 g/mol. The first-order chi connectivity index (χ1) is 8.90. The molecule has 0 bridgehead atoms. The molecule has 0 spiro atoms.